The van der Waals surface area contributed by atoms with Crippen molar-refractivity contribution in [1.82, 2.24) is 10.2 Å². The first-order chi connectivity index (χ1) is 9.24. The molecular weight excluding hydrogens is 234 g/mol. The largest absolute Gasteiger partial charge is 0.309 e. The molecule has 3 nitrogen and oxygen atoms in total. The minimum Gasteiger partial charge on any atom is -0.309 e. The monoisotopic (exact) mass is 257 g/mol. The topological polar surface area (TPSA) is 39.1 Å². The number of likely N-dealkylation sites (N-methyl/N-ethyl adjacent to an activating group) is 1. The quantitative estimate of drug-likeness (QED) is 0.881. The Balaban J connectivity index is 1.86. The van der Waals surface area contributed by atoms with Crippen LogP contribution < -0.4 is 5.32 Å². The lowest BCUT2D eigenvalue weighted by Crippen LogP contribution is -2.38. The van der Waals surface area contributed by atoms with Gasteiger partial charge in [-0.3, -0.25) is 4.90 Å². The van der Waals surface area contributed by atoms with Crippen LogP contribution in [-0.4, -0.2) is 30.6 Å². The third-order valence-electron chi connectivity index (χ3n) is 4.10. The van der Waals surface area contributed by atoms with Crippen LogP contribution in [0.2, 0.25) is 0 Å². The van der Waals surface area contributed by atoms with Crippen molar-refractivity contribution in [2.45, 2.75) is 38.8 Å². The third kappa shape index (κ3) is 3.56. The molecule has 0 spiro atoms. The fourth-order valence-corrected chi connectivity index (χ4v) is 2.82. The standard InChI is InChI=1S/C16H23N3/c1-3-19-10-4-5-16(19)12-18-13(2)15-8-6-14(11-17)7-9-15/h6-9,13,16,18H,3-5,10,12H2,1-2H3. The SMILES string of the molecule is CCN1CCCC1CNC(C)c1ccc(C#N)cc1. The molecule has 0 amide bonds. The summed E-state index contributed by atoms with van der Waals surface area (Å²) in [5.74, 6) is 0. The summed E-state index contributed by atoms with van der Waals surface area (Å²) in [4.78, 5) is 2.55. The summed E-state index contributed by atoms with van der Waals surface area (Å²) in [7, 11) is 0. The van der Waals surface area contributed by atoms with Gasteiger partial charge in [-0.1, -0.05) is 19.1 Å². The molecule has 1 N–H and O–H groups in total. The predicted molar refractivity (Wildman–Crippen MR) is 77.8 cm³/mol. The van der Waals surface area contributed by atoms with E-state index in [1.54, 1.807) is 0 Å². The van der Waals surface area contributed by atoms with Crippen molar-refractivity contribution in [3.63, 3.8) is 0 Å². The zero-order chi connectivity index (χ0) is 13.7. The Bertz CT molecular complexity index is 432. The molecule has 2 atom stereocenters. The highest BCUT2D eigenvalue weighted by atomic mass is 15.2. The molecular formula is C16H23N3. The maximum Gasteiger partial charge on any atom is 0.0991 e. The number of nitrogens with one attached hydrogen (secondary N) is 1. The Morgan fingerprint density at radius 1 is 1.42 bits per heavy atom. The average Bonchev–Trinajstić information content (AvgIpc) is 2.92. The smallest absolute Gasteiger partial charge is 0.0991 e. The minimum atomic E-state index is 0.340. The zero-order valence-corrected chi connectivity index (χ0v) is 11.9. The van der Waals surface area contributed by atoms with Crippen molar-refractivity contribution >= 4 is 0 Å². The molecule has 2 unspecified atom stereocenters. The summed E-state index contributed by atoms with van der Waals surface area (Å²) in [5, 5.41) is 12.4. The molecule has 1 aromatic carbocycles. The van der Waals surface area contributed by atoms with E-state index in [4.69, 9.17) is 5.26 Å². The molecule has 19 heavy (non-hydrogen) atoms. The van der Waals surface area contributed by atoms with Gasteiger partial charge in [0.05, 0.1) is 11.6 Å². The molecule has 1 aliphatic heterocycles. The summed E-state index contributed by atoms with van der Waals surface area (Å²) in [6, 6.07) is 11.1. The molecule has 0 aliphatic carbocycles. The molecule has 102 valence electrons. The number of hydrogen-bond donors (Lipinski definition) is 1. The average molecular weight is 257 g/mol. The van der Waals surface area contributed by atoms with Crippen LogP contribution in [0.4, 0.5) is 0 Å². The van der Waals surface area contributed by atoms with Crippen molar-refractivity contribution in [3.05, 3.63) is 35.4 Å². The fourth-order valence-electron chi connectivity index (χ4n) is 2.82. The van der Waals surface area contributed by atoms with Crippen LogP contribution in [0.3, 0.4) is 0 Å². The van der Waals surface area contributed by atoms with Crippen molar-refractivity contribution in [3.8, 4) is 6.07 Å². The van der Waals surface area contributed by atoms with Crippen molar-refractivity contribution in [2.75, 3.05) is 19.6 Å². The molecule has 0 bridgehead atoms. The number of nitriles is 1. The van der Waals surface area contributed by atoms with Crippen LogP contribution in [0.1, 0.15) is 43.9 Å². The van der Waals surface area contributed by atoms with Crippen molar-refractivity contribution in [2.24, 2.45) is 0 Å². The number of hydrogen-bond acceptors (Lipinski definition) is 3. The summed E-state index contributed by atoms with van der Waals surface area (Å²) < 4.78 is 0. The molecule has 1 aliphatic rings. The van der Waals surface area contributed by atoms with Crippen molar-refractivity contribution < 1.29 is 0 Å². The van der Waals surface area contributed by atoms with E-state index in [2.05, 4.69) is 30.1 Å². The minimum absolute atomic E-state index is 0.340. The van der Waals surface area contributed by atoms with Gasteiger partial charge >= 0.3 is 0 Å². The maximum absolute atomic E-state index is 8.80. The lowest BCUT2D eigenvalue weighted by Gasteiger charge is -2.25. The van der Waals surface area contributed by atoms with E-state index in [0.717, 1.165) is 18.7 Å². The van der Waals surface area contributed by atoms with Gasteiger partial charge in [0.2, 0.25) is 0 Å². The van der Waals surface area contributed by atoms with Gasteiger partial charge in [-0.2, -0.15) is 5.26 Å². The predicted octanol–water partition coefficient (Wildman–Crippen LogP) is 2.69. The van der Waals surface area contributed by atoms with E-state index < -0.39 is 0 Å². The lowest BCUT2D eigenvalue weighted by atomic mass is 10.1. The molecule has 1 saturated heterocycles. The van der Waals surface area contributed by atoms with Crippen LogP contribution in [0.5, 0.6) is 0 Å². The van der Waals surface area contributed by atoms with Crippen LogP contribution >= 0.6 is 0 Å². The van der Waals surface area contributed by atoms with Crippen molar-refractivity contribution in [1.29, 1.82) is 5.26 Å². The molecule has 0 aromatic heterocycles. The van der Waals surface area contributed by atoms with Gasteiger partial charge in [0.1, 0.15) is 0 Å². The number of nitrogens with zero attached hydrogens (tertiary/aromatic N) is 2. The molecule has 1 heterocycles. The first-order valence-electron chi connectivity index (χ1n) is 7.22. The molecule has 2 rings (SSSR count). The Morgan fingerprint density at radius 3 is 2.79 bits per heavy atom. The second kappa shape index (κ2) is 6.70. The highest BCUT2D eigenvalue weighted by Crippen LogP contribution is 2.18. The first-order valence-corrected chi connectivity index (χ1v) is 7.22. The van der Waals surface area contributed by atoms with E-state index in [1.165, 1.54) is 24.9 Å². The van der Waals surface area contributed by atoms with Crippen LogP contribution in [-0.2, 0) is 0 Å². The Morgan fingerprint density at radius 2 is 2.16 bits per heavy atom. The van der Waals surface area contributed by atoms with Gasteiger partial charge in [0, 0.05) is 18.6 Å². The van der Waals surface area contributed by atoms with E-state index in [0.29, 0.717) is 12.1 Å². The maximum atomic E-state index is 8.80. The van der Waals surface area contributed by atoms with E-state index >= 15 is 0 Å². The van der Waals surface area contributed by atoms with Gasteiger partial charge < -0.3 is 5.32 Å². The molecule has 0 saturated carbocycles. The molecule has 1 aromatic rings. The molecule has 1 fully saturated rings. The van der Waals surface area contributed by atoms with E-state index in [9.17, 15) is 0 Å². The second-order valence-electron chi connectivity index (χ2n) is 5.29. The van der Waals surface area contributed by atoms with Gasteiger partial charge in [0.15, 0.2) is 0 Å². The summed E-state index contributed by atoms with van der Waals surface area (Å²) in [5.41, 5.74) is 1.98. The van der Waals surface area contributed by atoms with Gasteiger partial charge in [0.25, 0.3) is 0 Å². The molecule has 0 radical (unpaired) electrons. The summed E-state index contributed by atoms with van der Waals surface area (Å²) >= 11 is 0. The second-order valence-corrected chi connectivity index (χ2v) is 5.29. The Labute approximate surface area is 116 Å². The van der Waals surface area contributed by atoms with Gasteiger partial charge in [-0.25, -0.2) is 0 Å². The van der Waals surface area contributed by atoms with Crippen LogP contribution in [0.25, 0.3) is 0 Å². The molecule has 3 heteroatoms. The fraction of sp³-hybridized carbons (Fsp3) is 0.562. The zero-order valence-electron chi connectivity index (χ0n) is 11.9. The van der Waals surface area contributed by atoms with Gasteiger partial charge in [-0.15, -0.1) is 0 Å². The summed E-state index contributed by atoms with van der Waals surface area (Å²) in [6.07, 6.45) is 2.63. The number of likely N-dealkylation sites (tertiary alicyclic amines) is 1. The highest BCUT2D eigenvalue weighted by Gasteiger charge is 2.22. The van der Waals surface area contributed by atoms with E-state index in [-0.39, 0.29) is 0 Å². The Kier molecular flexibility index (Phi) is 4.95. The van der Waals surface area contributed by atoms with Crippen LogP contribution in [0.15, 0.2) is 24.3 Å². The number of benzene rings is 1. The number of rotatable bonds is 5. The Hall–Kier alpha value is -1.37. The third-order valence-corrected chi connectivity index (χ3v) is 4.10. The summed E-state index contributed by atoms with van der Waals surface area (Å²) in [6.45, 7) is 7.87. The van der Waals surface area contributed by atoms with Crippen LogP contribution in [0, 0.1) is 11.3 Å². The highest BCUT2D eigenvalue weighted by molar-refractivity contribution is 5.32. The normalized spacial score (nSPS) is 21.2. The first kappa shape index (κ1) is 14.0. The van der Waals surface area contributed by atoms with Gasteiger partial charge in [-0.05, 0) is 50.6 Å². The lowest BCUT2D eigenvalue weighted by molar-refractivity contribution is 0.255. The van der Waals surface area contributed by atoms with E-state index in [1.807, 2.05) is 24.3 Å².